The Kier molecular flexibility index (Phi) is 12.6. The Morgan fingerprint density at radius 1 is 0.589 bits per heavy atom. The van der Waals surface area contributed by atoms with Crippen molar-refractivity contribution in [1.29, 1.82) is 0 Å². The van der Waals surface area contributed by atoms with E-state index in [-0.39, 0.29) is 51.0 Å². The SMILES string of the molecule is COc1cc(-c2[o+]c3cc(O)cc(O[C@@H]4O[C@H](CO)[C@@H](O)[C@H](O)[C@H]4O)c3cc2O[C@@H]2O[C@H](CO[C@@H]3O[C@@H](C)[C@H](O)[C@@H](O)[C@H]3O)[C@@H](O)[C@H](O)[C@H]2O)cc(OC)c1O. The summed E-state index contributed by atoms with van der Waals surface area (Å²) in [6.07, 6.45) is -24.5. The minimum atomic E-state index is -1.94. The molecule has 0 amide bonds. The zero-order valence-corrected chi connectivity index (χ0v) is 30.0. The van der Waals surface area contributed by atoms with Gasteiger partial charge in [0.2, 0.25) is 24.1 Å². The predicted octanol–water partition coefficient (Wildman–Crippen LogP) is -2.98. The van der Waals surface area contributed by atoms with Crippen LogP contribution in [0.5, 0.6) is 34.5 Å². The number of rotatable bonds is 11. The van der Waals surface area contributed by atoms with Gasteiger partial charge in [0, 0.05) is 24.3 Å². The Morgan fingerprint density at radius 3 is 1.71 bits per heavy atom. The molecule has 0 bridgehead atoms. The Bertz CT molecular complexity index is 1800. The first-order valence-corrected chi connectivity index (χ1v) is 17.3. The van der Waals surface area contributed by atoms with Crippen LogP contribution in [0.4, 0.5) is 0 Å². The quantitative estimate of drug-likeness (QED) is 0.0861. The van der Waals surface area contributed by atoms with Gasteiger partial charge < -0.3 is 99.2 Å². The molecular weight excluding hydrogens is 756 g/mol. The van der Waals surface area contributed by atoms with Crippen LogP contribution in [0.25, 0.3) is 22.3 Å². The zero-order valence-electron chi connectivity index (χ0n) is 30.0. The third-order valence-electron chi connectivity index (χ3n) is 9.78. The van der Waals surface area contributed by atoms with Gasteiger partial charge in [-0.05, 0) is 6.92 Å². The topological polar surface area (TPSA) is 328 Å². The summed E-state index contributed by atoms with van der Waals surface area (Å²) in [6, 6.07) is 6.21. The molecule has 21 nitrogen and oxygen atoms in total. The van der Waals surface area contributed by atoms with Crippen molar-refractivity contribution < 1.29 is 104 Å². The molecule has 21 heteroatoms. The molecule has 3 aromatic rings. The fourth-order valence-electron chi connectivity index (χ4n) is 6.49. The number of methoxy groups -OCH3 is 2. The molecular formula is C35H45O21+. The second-order valence-corrected chi connectivity index (χ2v) is 13.5. The van der Waals surface area contributed by atoms with E-state index in [2.05, 4.69) is 0 Å². The first-order chi connectivity index (χ1) is 26.6. The monoisotopic (exact) mass is 801 g/mol. The summed E-state index contributed by atoms with van der Waals surface area (Å²) in [5, 5.41) is 125. The maximum Gasteiger partial charge on any atom is 0.402 e. The number of ether oxygens (including phenoxy) is 8. The molecule has 6 rings (SSSR count). The lowest BCUT2D eigenvalue weighted by molar-refractivity contribution is -0.318. The summed E-state index contributed by atoms with van der Waals surface area (Å²) >= 11 is 0. The molecule has 0 radical (unpaired) electrons. The summed E-state index contributed by atoms with van der Waals surface area (Å²) in [6.45, 7) is 0.0789. The average Bonchev–Trinajstić information content (AvgIpc) is 3.18. The number of phenols is 2. The van der Waals surface area contributed by atoms with Gasteiger partial charge in [-0.1, -0.05) is 0 Å². The molecule has 0 spiro atoms. The van der Waals surface area contributed by atoms with E-state index in [1.807, 2.05) is 0 Å². The van der Waals surface area contributed by atoms with Gasteiger partial charge in [-0.2, -0.15) is 0 Å². The third kappa shape index (κ3) is 7.97. The van der Waals surface area contributed by atoms with Crippen LogP contribution in [0, 0.1) is 0 Å². The third-order valence-corrected chi connectivity index (χ3v) is 9.78. The van der Waals surface area contributed by atoms with Crippen molar-refractivity contribution in [2.24, 2.45) is 0 Å². The highest BCUT2D eigenvalue weighted by Gasteiger charge is 2.49. The summed E-state index contributed by atoms with van der Waals surface area (Å²) in [5.74, 6) is -1.65. The number of aliphatic hydroxyl groups is 10. The van der Waals surface area contributed by atoms with Crippen LogP contribution in [-0.2, 0) is 18.9 Å². The Labute approximate surface area is 317 Å². The summed E-state index contributed by atoms with van der Waals surface area (Å²) in [7, 11) is 2.55. The molecule has 3 saturated heterocycles. The number of benzene rings is 2. The minimum absolute atomic E-state index is 0.000263. The fraction of sp³-hybridized carbons (Fsp3) is 0.571. The van der Waals surface area contributed by atoms with Crippen LogP contribution in [-0.4, -0.2) is 181 Å². The van der Waals surface area contributed by atoms with Crippen molar-refractivity contribution in [1.82, 2.24) is 0 Å². The van der Waals surface area contributed by atoms with E-state index >= 15 is 0 Å². The van der Waals surface area contributed by atoms with E-state index in [0.29, 0.717) is 0 Å². The van der Waals surface area contributed by atoms with Crippen molar-refractivity contribution >= 4 is 11.0 Å². The van der Waals surface area contributed by atoms with Crippen molar-refractivity contribution in [3.8, 4) is 45.8 Å². The molecule has 56 heavy (non-hydrogen) atoms. The van der Waals surface area contributed by atoms with Crippen LogP contribution < -0.4 is 18.9 Å². The lowest BCUT2D eigenvalue weighted by atomic mass is 9.98. The second-order valence-electron chi connectivity index (χ2n) is 13.5. The number of aliphatic hydroxyl groups excluding tert-OH is 10. The number of hydrogen-bond donors (Lipinski definition) is 12. The molecule has 1 aromatic heterocycles. The van der Waals surface area contributed by atoms with Gasteiger partial charge in [-0.25, -0.2) is 4.42 Å². The Balaban J connectivity index is 1.39. The van der Waals surface area contributed by atoms with Crippen LogP contribution in [0.2, 0.25) is 0 Å². The highest BCUT2D eigenvalue weighted by Crippen LogP contribution is 2.46. The van der Waals surface area contributed by atoms with E-state index in [9.17, 15) is 61.3 Å². The smallest absolute Gasteiger partial charge is 0.402 e. The van der Waals surface area contributed by atoms with Crippen molar-refractivity contribution in [2.75, 3.05) is 27.4 Å². The largest absolute Gasteiger partial charge is 0.507 e. The lowest BCUT2D eigenvalue weighted by Gasteiger charge is -2.42. The van der Waals surface area contributed by atoms with E-state index < -0.39 is 111 Å². The first-order valence-electron chi connectivity index (χ1n) is 17.3. The number of phenolic OH excluding ortho intramolecular Hbond substituents is 2. The van der Waals surface area contributed by atoms with Crippen molar-refractivity contribution in [3.63, 3.8) is 0 Å². The second kappa shape index (κ2) is 16.9. The van der Waals surface area contributed by atoms with Gasteiger partial charge in [-0.15, -0.1) is 0 Å². The van der Waals surface area contributed by atoms with E-state index in [4.69, 9.17) is 42.3 Å². The maximum absolute atomic E-state index is 11.1. The molecule has 4 heterocycles. The summed E-state index contributed by atoms with van der Waals surface area (Å²) in [4.78, 5) is 0. The standard InChI is InChI=1S/C35H44O21/c1-11-22(38)26(42)29(45)33(51-11)50-10-21-25(41)28(44)31(47)35(56-21)54-19-8-14-15(52-32(19)12-4-17(48-2)23(39)18(5-12)49-3)6-13(37)7-16(14)53-34-30(46)27(43)24(40)20(9-36)55-34/h4-8,11,20-22,24-31,33-36,38,40-47H,9-10H2,1-3H3,(H-,37,39)/p+1/t11-,20+,21+,22-,24+,25+,26+,27-,28-,29+,30+,31+,33+,34+,35+/m0/s1. The lowest BCUT2D eigenvalue weighted by Crippen LogP contribution is -2.61. The number of aromatic hydroxyl groups is 2. The van der Waals surface area contributed by atoms with Crippen LogP contribution in [0.3, 0.4) is 0 Å². The first kappa shape index (κ1) is 41.7. The molecule has 0 saturated carbocycles. The Hall–Kier alpha value is -3.91. The minimum Gasteiger partial charge on any atom is -0.507 e. The van der Waals surface area contributed by atoms with Crippen LogP contribution in [0.15, 0.2) is 34.7 Å². The zero-order chi connectivity index (χ0) is 40.7. The van der Waals surface area contributed by atoms with Gasteiger partial charge in [0.15, 0.2) is 17.8 Å². The number of hydrogen-bond acceptors (Lipinski definition) is 20. The molecule has 15 atom stereocenters. The van der Waals surface area contributed by atoms with Crippen molar-refractivity contribution in [3.05, 3.63) is 30.3 Å². The summed E-state index contributed by atoms with van der Waals surface area (Å²) < 4.78 is 51.0. The van der Waals surface area contributed by atoms with Gasteiger partial charge >= 0.3 is 11.3 Å². The van der Waals surface area contributed by atoms with Gasteiger partial charge in [0.05, 0.1) is 45.2 Å². The molecule has 3 fully saturated rings. The van der Waals surface area contributed by atoms with E-state index in [1.54, 1.807) is 0 Å². The van der Waals surface area contributed by atoms with Gasteiger partial charge in [0.25, 0.3) is 0 Å². The normalized spacial score (nSPS) is 36.3. The van der Waals surface area contributed by atoms with E-state index in [1.165, 1.54) is 45.4 Å². The van der Waals surface area contributed by atoms with E-state index in [0.717, 1.165) is 6.07 Å². The molecule has 3 aliphatic rings. The average molecular weight is 802 g/mol. The highest BCUT2D eigenvalue weighted by atomic mass is 16.7. The van der Waals surface area contributed by atoms with Crippen LogP contribution in [0.1, 0.15) is 6.92 Å². The van der Waals surface area contributed by atoms with Crippen LogP contribution >= 0.6 is 0 Å². The van der Waals surface area contributed by atoms with Crippen molar-refractivity contribution in [2.45, 2.75) is 99.0 Å². The Morgan fingerprint density at radius 2 is 1.12 bits per heavy atom. The summed E-state index contributed by atoms with van der Waals surface area (Å²) in [5.41, 5.74) is 0.0228. The van der Waals surface area contributed by atoms with Gasteiger partial charge in [0.1, 0.15) is 84.0 Å². The highest BCUT2D eigenvalue weighted by molar-refractivity contribution is 5.89. The number of fused-ring (bicyclic) bond motifs is 1. The molecule has 2 aromatic carbocycles. The maximum atomic E-state index is 11.1. The molecule has 3 aliphatic heterocycles. The molecule has 12 N–H and O–H groups in total. The molecule has 0 aliphatic carbocycles. The van der Waals surface area contributed by atoms with Gasteiger partial charge in [-0.3, -0.25) is 0 Å². The molecule has 310 valence electrons. The molecule has 0 unspecified atom stereocenters. The fourth-order valence-corrected chi connectivity index (χ4v) is 6.49. The predicted molar refractivity (Wildman–Crippen MR) is 183 cm³/mol.